The van der Waals surface area contributed by atoms with Gasteiger partial charge in [0.15, 0.2) is 5.71 Å². The Balaban J connectivity index is 2.33. The normalized spacial score (nSPS) is 17.4. The smallest absolute Gasteiger partial charge is 0.264 e. The molecule has 20 heavy (non-hydrogen) atoms. The SMILES string of the molecule is CC1=[N+](C)c2cccc(CCCS(=O)(=O)O)c2C1(C)C. The van der Waals surface area contributed by atoms with E-state index in [0.717, 1.165) is 0 Å². The average molecular weight is 296 g/mol. The number of hydrogen-bond acceptors (Lipinski definition) is 2. The second-order valence-corrected chi connectivity index (χ2v) is 7.54. The van der Waals surface area contributed by atoms with Crippen molar-refractivity contribution in [3.8, 4) is 0 Å². The van der Waals surface area contributed by atoms with E-state index in [-0.39, 0.29) is 11.2 Å². The molecule has 0 bridgehead atoms. The molecule has 0 amide bonds. The predicted octanol–water partition coefficient (Wildman–Crippen LogP) is 2.53. The molecule has 1 aromatic rings. The number of benzene rings is 1. The highest BCUT2D eigenvalue weighted by molar-refractivity contribution is 7.85. The number of hydrogen-bond donors (Lipinski definition) is 1. The van der Waals surface area contributed by atoms with Crippen molar-refractivity contribution in [3.05, 3.63) is 29.3 Å². The van der Waals surface area contributed by atoms with E-state index in [2.05, 4.69) is 44.5 Å². The molecule has 0 radical (unpaired) electrons. The molecule has 110 valence electrons. The fourth-order valence-electron chi connectivity index (χ4n) is 3.02. The third-order valence-corrected chi connectivity index (χ3v) is 5.18. The van der Waals surface area contributed by atoms with E-state index in [1.807, 2.05) is 6.07 Å². The molecular weight excluding hydrogens is 274 g/mol. The molecule has 1 aromatic carbocycles. The third kappa shape index (κ3) is 2.65. The standard InChI is InChI=1S/C15H21NO3S/c1-11-15(2,3)14-12(8-6-10-20(17,18)19)7-5-9-13(14)16(11)4/h5,7,9H,6,8,10H2,1-4H3/p+1. The summed E-state index contributed by atoms with van der Waals surface area (Å²) < 4.78 is 32.7. The van der Waals surface area contributed by atoms with Crippen LogP contribution in [0.25, 0.3) is 0 Å². The van der Waals surface area contributed by atoms with Gasteiger partial charge in [-0.1, -0.05) is 12.1 Å². The van der Waals surface area contributed by atoms with Crippen molar-refractivity contribution in [2.45, 2.75) is 39.0 Å². The lowest BCUT2D eigenvalue weighted by Crippen LogP contribution is -2.26. The highest BCUT2D eigenvalue weighted by Crippen LogP contribution is 2.41. The molecule has 1 N–H and O–H groups in total. The summed E-state index contributed by atoms with van der Waals surface area (Å²) >= 11 is 0. The zero-order valence-corrected chi connectivity index (χ0v) is 13.3. The summed E-state index contributed by atoms with van der Waals surface area (Å²) in [6.07, 6.45) is 1.10. The minimum Gasteiger partial charge on any atom is -0.286 e. The minimum absolute atomic E-state index is 0.0429. The molecule has 2 rings (SSSR count). The first kappa shape index (κ1) is 15.2. The summed E-state index contributed by atoms with van der Waals surface area (Å²) in [4.78, 5) is 0. The van der Waals surface area contributed by atoms with Gasteiger partial charge in [-0.25, -0.2) is 4.58 Å². The zero-order valence-electron chi connectivity index (χ0n) is 12.5. The lowest BCUT2D eigenvalue weighted by Gasteiger charge is -2.18. The van der Waals surface area contributed by atoms with E-state index in [4.69, 9.17) is 4.55 Å². The van der Waals surface area contributed by atoms with E-state index in [1.54, 1.807) is 0 Å². The Hall–Kier alpha value is -1.20. The second kappa shape index (κ2) is 4.97. The van der Waals surface area contributed by atoms with Crippen molar-refractivity contribution < 1.29 is 17.5 Å². The molecule has 0 saturated heterocycles. The second-order valence-electron chi connectivity index (χ2n) is 5.97. The fourth-order valence-corrected chi connectivity index (χ4v) is 3.53. The largest absolute Gasteiger partial charge is 0.286 e. The summed E-state index contributed by atoms with van der Waals surface area (Å²) in [7, 11) is -1.81. The summed E-state index contributed by atoms with van der Waals surface area (Å²) in [6, 6.07) is 6.16. The Morgan fingerprint density at radius 1 is 1.30 bits per heavy atom. The molecule has 0 spiro atoms. The van der Waals surface area contributed by atoms with Crippen molar-refractivity contribution in [2.75, 3.05) is 12.8 Å². The van der Waals surface area contributed by atoms with Crippen LogP contribution in [0.5, 0.6) is 0 Å². The molecule has 0 aromatic heterocycles. The topological polar surface area (TPSA) is 57.4 Å². The highest BCUT2D eigenvalue weighted by atomic mass is 32.2. The molecule has 1 heterocycles. The Kier molecular flexibility index (Phi) is 3.77. The van der Waals surface area contributed by atoms with Crippen LogP contribution < -0.4 is 0 Å². The van der Waals surface area contributed by atoms with Gasteiger partial charge in [0.1, 0.15) is 7.05 Å². The molecule has 0 unspecified atom stereocenters. The van der Waals surface area contributed by atoms with E-state index in [0.29, 0.717) is 12.8 Å². The molecule has 5 heteroatoms. The Morgan fingerprint density at radius 3 is 2.55 bits per heavy atom. The van der Waals surface area contributed by atoms with Gasteiger partial charge in [-0.3, -0.25) is 4.55 Å². The van der Waals surface area contributed by atoms with Crippen LogP contribution in [0.15, 0.2) is 18.2 Å². The Labute approximate surface area is 120 Å². The summed E-state index contributed by atoms with van der Waals surface area (Å²) in [5.41, 5.74) is 4.88. The first-order valence-corrected chi connectivity index (χ1v) is 8.41. The van der Waals surface area contributed by atoms with Gasteiger partial charge in [-0.05, 0) is 32.3 Å². The van der Waals surface area contributed by atoms with E-state index >= 15 is 0 Å². The van der Waals surface area contributed by atoms with Crippen molar-refractivity contribution in [3.63, 3.8) is 0 Å². The van der Waals surface area contributed by atoms with Crippen LogP contribution in [0.3, 0.4) is 0 Å². The summed E-state index contributed by atoms with van der Waals surface area (Å²) in [5.74, 6) is -0.185. The quantitative estimate of drug-likeness (QED) is 0.686. The van der Waals surface area contributed by atoms with Crippen LogP contribution in [-0.2, 0) is 22.0 Å². The maximum absolute atomic E-state index is 10.8. The van der Waals surface area contributed by atoms with Crippen molar-refractivity contribution >= 4 is 21.5 Å². The molecular formula is C15H22NO3S+. The minimum atomic E-state index is -3.87. The van der Waals surface area contributed by atoms with Crippen LogP contribution in [-0.4, -0.2) is 36.1 Å². The van der Waals surface area contributed by atoms with Gasteiger partial charge in [0.25, 0.3) is 10.1 Å². The molecule has 0 saturated carbocycles. The molecule has 1 aliphatic heterocycles. The molecule has 0 fully saturated rings. The lowest BCUT2D eigenvalue weighted by molar-refractivity contribution is -0.403. The predicted molar refractivity (Wildman–Crippen MR) is 80.7 cm³/mol. The van der Waals surface area contributed by atoms with Crippen LogP contribution in [0.2, 0.25) is 0 Å². The Morgan fingerprint density at radius 2 is 1.95 bits per heavy atom. The van der Waals surface area contributed by atoms with Gasteiger partial charge >= 0.3 is 0 Å². The molecule has 0 aliphatic carbocycles. The number of aryl methyl sites for hydroxylation is 1. The van der Waals surface area contributed by atoms with Gasteiger partial charge < -0.3 is 0 Å². The van der Waals surface area contributed by atoms with Gasteiger partial charge in [0, 0.05) is 18.6 Å². The van der Waals surface area contributed by atoms with Crippen molar-refractivity contribution in [2.24, 2.45) is 0 Å². The third-order valence-electron chi connectivity index (χ3n) is 4.37. The summed E-state index contributed by atoms with van der Waals surface area (Å²) in [6.45, 7) is 6.51. The van der Waals surface area contributed by atoms with Crippen LogP contribution in [0, 0.1) is 0 Å². The number of rotatable bonds is 4. The molecule has 4 nitrogen and oxygen atoms in total. The van der Waals surface area contributed by atoms with E-state index in [1.165, 1.54) is 22.5 Å². The fraction of sp³-hybridized carbons (Fsp3) is 0.533. The summed E-state index contributed by atoms with van der Waals surface area (Å²) in [5, 5.41) is 0. The number of fused-ring (bicyclic) bond motifs is 1. The highest BCUT2D eigenvalue weighted by Gasteiger charge is 2.42. The van der Waals surface area contributed by atoms with Crippen LogP contribution in [0.4, 0.5) is 5.69 Å². The first-order valence-electron chi connectivity index (χ1n) is 6.80. The monoisotopic (exact) mass is 296 g/mol. The van der Waals surface area contributed by atoms with Gasteiger partial charge in [-0.2, -0.15) is 8.42 Å². The van der Waals surface area contributed by atoms with Gasteiger partial charge in [0.05, 0.1) is 11.2 Å². The van der Waals surface area contributed by atoms with Crippen molar-refractivity contribution in [1.29, 1.82) is 0 Å². The van der Waals surface area contributed by atoms with Crippen LogP contribution in [0.1, 0.15) is 38.3 Å². The van der Waals surface area contributed by atoms with Crippen LogP contribution >= 0.6 is 0 Å². The van der Waals surface area contributed by atoms with E-state index < -0.39 is 10.1 Å². The molecule has 1 aliphatic rings. The zero-order chi connectivity index (χ0) is 15.1. The first-order chi connectivity index (χ1) is 9.14. The maximum atomic E-state index is 10.8. The van der Waals surface area contributed by atoms with Gasteiger partial charge in [0.2, 0.25) is 5.69 Å². The lowest BCUT2D eigenvalue weighted by atomic mass is 9.79. The van der Waals surface area contributed by atoms with Crippen molar-refractivity contribution in [1.82, 2.24) is 0 Å². The molecule has 0 atom stereocenters. The van der Waals surface area contributed by atoms with E-state index in [9.17, 15) is 8.42 Å². The maximum Gasteiger partial charge on any atom is 0.264 e. The van der Waals surface area contributed by atoms with Gasteiger partial charge in [-0.15, -0.1) is 0 Å². The number of nitrogens with zero attached hydrogens (tertiary/aromatic N) is 1. The average Bonchev–Trinajstić information content (AvgIpc) is 2.50. The Bertz CT molecular complexity index is 672.